The fourth-order valence-electron chi connectivity index (χ4n) is 1.77. The molecule has 3 aromatic rings. The van der Waals surface area contributed by atoms with Gasteiger partial charge in [0.05, 0.1) is 10.3 Å². The molecule has 1 aromatic heterocycles. The monoisotopic (exact) mass is 279 g/mol. The number of halogens is 2. The average molecular weight is 279 g/mol. The summed E-state index contributed by atoms with van der Waals surface area (Å²) < 4.78 is 27.0. The number of aromatic hydroxyl groups is 2. The van der Waals surface area contributed by atoms with Gasteiger partial charge in [0, 0.05) is 12.1 Å². The summed E-state index contributed by atoms with van der Waals surface area (Å²) >= 11 is 1.07. The van der Waals surface area contributed by atoms with E-state index in [4.69, 9.17) is 0 Å². The highest BCUT2D eigenvalue weighted by Gasteiger charge is 2.14. The predicted octanol–water partition coefficient (Wildman–Crippen LogP) is 3.65. The van der Waals surface area contributed by atoms with Gasteiger partial charge in [-0.15, -0.1) is 11.3 Å². The third-order valence-corrected chi connectivity index (χ3v) is 3.66. The second-order valence-corrected chi connectivity index (χ2v) is 4.99. The number of rotatable bonds is 1. The SMILES string of the molecule is Oc1ccc(-c2nc3c(F)cc(F)cc3s2)c(O)c1. The maximum Gasteiger partial charge on any atom is 0.153 e. The molecular formula is C13H7F2NO2S. The van der Waals surface area contributed by atoms with Gasteiger partial charge in [0.25, 0.3) is 0 Å². The lowest BCUT2D eigenvalue weighted by Gasteiger charge is -2.00. The second kappa shape index (κ2) is 4.17. The molecule has 0 aliphatic heterocycles. The van der Waals surface area contributed by atoms with Crippen molar-refractivity contribution in [2.75, 3.05) is 0 Å². The molecule has 0 unspecified atom stereocenters. The van der Waals surface area contributed by atoms with Crippen molar-refractivity contribution in [3.63, 3.8) is 0 Å². The molecule has 0 saturated heterocycles. The second-order valence-electron chi connectivity index (χ2n) is 3.95. The third-order valence-electron chi connectivity index (χ3n) is 2.62. The van der Waals surface area contributed by atoms with Gasteiger partial charge in [0.1, 0.15) is 27.8 Å². The van der Waals surface area contributed by atoms with E-state index in [0.717, 1.165) is 17.4 Å². The smallest absolute Gasteiger partial charge is 0.153 e. The first-order valence-corrected chi connectivity index (χ1v) is 6.14. The summed E-state index contributed by atoms with van der Waals surface area (Å²) in [5.41, 5.74) is 0.424. The molecule has 0 aliphatic rings. The summed E-state index contributed by atoms with van der Waals surface area (Å²) in [7, 11) is 0. The van der Waals surface area contributed by atoms with Crippen LogP contribution in [-0.4, -0.2) is 15.2 Å². The molecule has 6 heteroatoms. The average Bonchev–Trinajstić information content (AvgIpc) is 2.72. The van der Waals surface area contributed by atoms with E-state index in [1.54, 1.807) is 0 Å². The van der Waals surface area contributed by atoms with E-state index in [9.17, 15) is 19.0 Å². The van der Waals surface area contributed by atoms with Crippen LogP contribution in [0.15, 0.2) is 30.3 Å². The molecule has 96 valence electrons. The van der Waals surface area contributed by atoms with Gasteiger partial charge < -0.3 is 10.2 Å². The van der Waals surface area contributed by atoms with Crippen molar-refractivity contribution in [1.82, 2.24) is 4.98 Å². The molecule has 0 radical (unpaired) electrons. The Morgan fingerprint density at radius 1 is 1.05 bits per heavy atom. The molecule has 2 aromatic carbocycles. The molecule has 0 saturated carbocycles. The van der Waals surface area contributed by atoms with E-state index in [0.29, 0.717) is 15.3 Å². The van der Waals surface area contributed by atoms with Crippen LogP contribution in [0.5, 0.6) is 11.5 Å². The number of benzene rings is 2. The molecule has 0 bridgehead atoms. The normalized spacial score (nSPS) is 11.1. The fourth-order valence-corrected chi connectivity index (χ4v) is 2.81. The van der Waals surface area contributed by atoms with Gasteiger partial charge in [-0.2, -0.15) is 0 Å². The van der Waals surface area contributed by atoms with Crippen LogP contribution in [0.2, 0.25) is 0 Å². The maximum atomic E-state index is 13.5. The van der Waals surface area contributed by atoms with Gasteiger partial charge >= 0.3 is 0 Å². The Bertz CT molecular complexity index is 786. The Morgan fingerprint density at radius 3 is 2.58 bits per heavy atom. The lowest BCUT2D eigenvalue weighted by molar-refractivity contribution is 0.452. The first-order chi connectivity index (χ1) is 9.04. The van der Waals surface area contributed by atoms with Crippen LogP contribution in [0.1, 0.15) is 0 Å². The molecule has 1 heterocycles. The molecule has 0 aliphatic carbocycles. The summed E-state index contributed by atoms with van der Waals surface area (Å²) in [6.45, 7) is 0. The summed E-state index contributed by atoms with van der Waals surface area (Å²) in [6.07, 6.45) is 0. The summed E-state index contributed by atoms with van der Waals surface area (Å²) in [6, 6.07) is 5.98. The van der Waals surface area contributed by atoms with Gasteiger partial charge in [0.15, 0.2) is 5.82 Å². The van der Waals surface area contributed by atoms with Gasteiger partial charge in [0.2, 0.25) is 0 Å². The molecule has 0 spiro atoms. The van der Waals surface area contributed by atoms with Crippen molar-refractivity contribution in [1.29, 1.82) is 0 Å². The molecular weight excluding hydrogens is 272 g/mol. The van der Waals surface area contributed by atoms with Crippen molar-refractivity contribution in [3.05, 3.63) is 42.0 Å². The number of nitrogens with zero attached hydrogens (tertiary/aromatic N) is 1. The van der Waals surface area contributed by atoms with Crippen LogP contribution in [-0.2, 0) is 0 Å². The molecule has 3 rings (SSSR count). The lowest BCUT2D eigenvalue weighted by Crippen LogP contribution is -1.81. The highest BCUT2D eigenvalue weighted by atomic mass is 32.1. The number of phenols is 2. The number of hydrogen-bond acceptors (Lipinski definition) is 4. The number of hydrogen-bond donors (Lipinski definition) is 2. The lowest BCUT2D eigenvalue weighted by atomic mass is 10.2. The predicted molar refractivity (Wildman–Crippen MR) is 68.3 cm³/mol. The third kappa shape index (κ3) is 2.00. The Balaban J connectivity index is 2.23. The summed E-state index contributed by atoms with van der Waals surface area (Å²) in [5.74, 6) is -1.66. The van der Waals surface area contributed by atoms with Crippen LogP contribution in [0.25, 0.3) is 20.8 Å². The number of fused-ring (bicyclic) bond motifs is 1. The minimum absolute atomic E-state index is 0.0638. The van der Waals surface area contributed by atoms with Crippen molar-refractivity contribution in [2.45, 2.75) is 0 Å². The van der Waals surface area contributed by atoms with E-state index in [-0.39, 0.29) is 17.0 Å². The van der Waals surface area contributed by atoms with Gasteiger partial charge in [-0.25, -0.2) is 13.8 Å². The fraction of sp³-hybridized carbons (Fsp3) is 0. The van der Waals surface area contributed by atoms with E-state index in [2.05, 4.69) is 4.98 Å². The Hall–Kier alpha value is -2.21. The zero-order valence-corrected chi connectivity index (χ0v) is 10.2. The Kier molecular flexibility index (Phi) is 2.60. The highest BCUT2D eigenvalue weighted by Crippen LogP contribution is 2.37. The molecule has 0 atom stereocenters. The summed E-state index contributed by atoms with van der Waals surface area (Å²) in [4.78, 5) is 4.05. The highest BCUT2D eigenvalue weighted by molar-refractivity contribution is 7.21. The maximum absolute atomic E-state index is 13.5. The molecule has 0 amide bonds. The van der Waals surface area contributed by atoms with Crippen LogP contribution >= 0.6 is 11.3 Å². The van der Waals surface area contributed by atoms with Gasteiger partial charge in [-0.3, -0.25) is 0 Å². The quantitative estimate of drug-likeness (QED) is 0.715. The van der Waals surface area contributed by atoms with E-state index in [1.807, 2.05) is 0 Å². The van der Waals surface area contributed by atoms with E-state index < -0.39 is 11.6 Å². The largest absolute Gasteiger partial charge is 0.508 e. The molecule has 0 fully saturated rings. The van der Waals surface area contributed by atoms with Crippen LogP contribution in [0.3, 0.4) is 0 Å². The minimum Gasteiger partial charge on any atom is -0.508 e. The molecule has 2 N–H and O–H groups in total. The molecule has 19 heavy (non-hydrogen) atoms. The first kappa shape index (κ1) is 11.9. The van der Waals surface area contributed by atoms with E-state index in [1.165, 1.54) is 24.3 Å². The van der Waals surface area contributed by atoms with Crippen LogP contribution in [0, 0.1) is 11.6 Å². The van der Waals surface area contributed by atoms with Crippen molar-refractivity contribution in [2.24, 2.45) is 0 Å². The number of phenolic OH excluding ortho intramolecular Hbond substituents is 2. The summed E-state index contributed by atoms with van der Waals surface area (Å²) in [5, 5.41) is 19.3. The van der Waals surface area contributed by atoms with Gasteiger partial charge in [-0.05, 0) is 18.2 Å². The van der Waals surface area contributed by atoms with Crippen LogP contribution < -0.4 is 0 Å². The first-order valence-electron chi connectivity index (χ1n) is 5.32. The standard InChI is InChI=1S/C13H7F2NO2S/c14-6-3-9(15)12-11(4-6)19-13(16-12)8-2-1-7(17)5-10(8)18/h1-5,17-18H. The van der Waals surface area contributed by atoms with Gasteiger partial charge in [-0.1, -0.05) is 0 Å². The zero-order valence-electron chi connectivity index (χ0n) is 9.39. The zero-order chi connectivity index (χ0) is 13.6. The van der Waals surface area contributed by atoms with Crippen LogP contribution in [0.4, 0.5) is 8.78 Å². The van der Waals surface area contributed by atoms with E-state index >= 15 is 0 Å². The van der Waals surface area contributed by atoms with Crippen molar-refractivity contribution in [3.8, 4) is 22.1 Å². The minimum atomic E-state index is -0.740. The van der Waals surface area contributed by atoms with Crippen molar-refractivity contribution >= 4 is 21.6 Å². The Labute approximate surface area is 110 Å². The number of aromatic nitrogens is 1. The molecule has 3 nitrogen and oxygen atoms in total. The Morgan fingerprint density at radius 2 is 1.84 bits per heavy atom. The number of thiazole rings is 1. The topological polar surface area (TPSA) is 53.4 Å². The van der Waals surface area contributed by atoms with Crippen molar-refractivity contribution < 1.29 is 19.0 Å².